The summed E-state index contributed by atoms with van der Waals surface area (Å²) in [6.07, 6.45) is 6.90. The van der Waals surface area contributed by atoms with Crippen molar-refractivity contribution < 1.29 is 9.59 Å². The zero-order valence-corrected chi connectivity index (χ0v) is 19.0. The largest absolute Gasteiger partial charge is 0.336 e. The van der Waals surface area contributed by atoms with Crippen LogP contribution in [0.1, 0.15) is 36.0 Å². The van der Waals surface area contributed by atoms with Gasteiger partial charge in [0.1, 0.15) is 0 Å². The maximum Gasteiger partial charge on any atom is 0.327 e. The average Bonchev–Trinajstić information content (AvgIpc) is 3.23. The molecule has 3 amide bonds. The lowest BCUT2D eigenvalue weighted by molar-refractivity contribution is 0.102. The molecular weight excluding hydrogens is 416 g/mol. The number of nitrogens with zero attached hydrogens (tertiary/aromatic N) is 4. The van der Waals surface area contributed by atoms with Crippen LogP contribution >= 0.6 is 0 Å². The summed E-state index contributed by atoms with van der Waals surface area (Å²) in [4.78, 5) is 37.0. The second kappa shape index (κ2) is 9.89. The first kappa shape index (κ1) is 21.9. The summed E-state index contributed by atoms with van der Waals surface area (Å²) in [5.74, 6) is 0.910. The van der Waals surface area contributed by atoms with Crippen LogP contribution in [0.15, 0.2) is 42.6 Å². The number of fused-ring (bicyclic) bond motifs is 2. The predicted octanol–water partition coefficient (Wildman–Crippen LogP) is 3.30. The van der Waals surface area contributed by atoms with Crippen molar-refractivity contribution in [1.82, 2.24) is 20.1 Å². The average molecular weight is 449 g/mol. The standard InChI is InChI=1S/C25H32N6O2/c32-24-20-7-2-3-9-22(20)31(23-21(28-24)8-6-11-26-23)25(33)27-12-16-30-15-10-19(18-30)17-29-13-4-1-5-14-29/h2-3,6-9,11,19H,1,4-5,10,12-18H2,(H,27,33)(H,28,32). The summed E-state index contributed by atoms with van der Waals surface area (Å²) in [5.41, 5.74) is 1.51. The molecular formula is C25H32N6O2. The van der Waals surface area contributed by atoms with E-state index in [2.05, 4.69) is 25.4 Å². The number of hydrogen-bond donors (Lipinski definition) is 2. The molecule has 8 nitrogen and oxygen atoms in total. The van der Waals surface area contributed by atoms with E-state index in [9.17, 15) is 9.59 Å². The Kier molecular flexibility index (Phi) is 6.55. The van der Waals surface area contributed by atoms with E-state index in [4.69, 9.17) is 0 Å². The number of nitrogens with one attached hydrogen (secondary N) is 2. The number of hydrogen-bond acceptors (Lipinski definition) is 5. The van der Waals surface area contributed by atoms with Gasteiger partial charge in [0.15, 0.2) is 5.82 Å². The van der Waals surface area contributed by atoms with Crippen molar-refractivity contribution in [3.63, 3.8) is 0 Å². The number of pyridine rings is 1. The molecule has 1 aromatic heterocycles. The van der Waals surface area contributed by atoms with E-state index in [0.717, 1.165) is 25.6 Å². The van der Waals surface area contributed by atoms with Gasteiger partial charge in [-0.3, -0.25) is 4.79 Å². The minimum atomic E-state index is -0.275. The maximum absolute atomic E-state index is 13.3. The zero-order chi connectivity index (χ0) is 22.6. The van der Waals surface area contributed by atoms with Crippen molar-refractivity contribution >= 4 is 29.1 Å². The van der Waals surface area contributed by atoms with E-state index in [1.165, 1.54) is 50.2 Å². The smallest absolute Gasteiger partial charge is 0.327 e. The summed E-state index contributed by atoms with van der Waals surface area (Å²) in [5, 5.41) is 5.92. The van der Waals surface area contributed by atoms with Crippen LogP contribution in [-0.4, -0.2) is 72.5 Å². The first-order valence-electron chi connectivity index (χ1n) is 12.1. The Bertz CT molecular complexity index is 1010. The second-order valence-electron chi connectivity index (χ2n) is 9.23. The fourth-order valence-corrected chi connectivity index (χ4v) is 5.21. The van der Waals surface area contributed by atoms with E-state index in [0.29, 0.717) is 29.3 Å². The summed E-state index contributed by atoms with van der Waals surface area (Å²) >= 11 is 0. The van der Waals surface area contributed by atoms with Crippen LogP contribution in [-0.2, 0) is 0 Å². The molecule has 0 bridgehead atoms. The van der Waals surface area contributed by atoms with Gasteiger partial charge in [-0.2, -0.15) is 0 Å². The van der Waals surface area contributed by atoms with Gasteiger partial charge in [0.05, 0.1) is 16.9 Å². The highest BCUT2D eigenvalue weighted by Gasteiger charge is 2.30. The molecule has 2 aromatic rings. The third-order valence-electron chi connectivity index (χ3n) is 6.88. The van der Waals surface area contributed by atoms with Crippen molar-refractivity contribution in [2.24, 2.45) is 5.92 Å². The van der Waals surface area contributed by atoms with Crippen LogP contribution in [0.25, 0.3) is 0 Å². The van der Waals surface area contributed by atoms with Gasteiger partial charge < -0.3 is 20.4 Å². The number of carbonyl (C=O) groups is 2. The summed E-state index contributed by atoms with van der Waals surface area (Å²) in [6.45, 7) is 7.26. The number of rotatable bonds is 5. The topological polar surface area (TPSA) is 80.8 Å². The second-order valence-corrected chi connectivity index (χ2v) is 9.23. The highest BCUT2D eigenvalue weighted by Crippen LogP contribution is 2.36. The Balaban J connectivity index is 1.21. The number of amides is 3. The first-order chi connectivity index (χ1) is 16.2. The normalized spacial score (nSPS) is 21.2. The van der Waals surface area contributed by atoms with Crippen LogP contribution in [0.3, 0.4) is 0 Å². The number of anilines is 3. The molecule has 0 radical (unpaired) electrons. The number of urea groups is 1. The van der Waals surface area contributed by atoms with E-state index in [1.54, 1.807) is 36.5 Å². The number of likely N-dealkylation sites (tertiary alicyclic amines) is 2. The van der Waals surface area contributed by atoms with Gasteiger partial charge in [-0.15, -0.1) is 0 Å². The van der Waals surface area contributed by atoms with Gasteiger partial charge in [-0.25, -0.2) is 14.7 Å². The Hall–Kier alpha value is -2.97. The molecule has 0 spiro atoms. The molecule has 1 aromatic carbocycles. The minimum absolute atomic E-state index is 0.244. The highest BCUT2D eigenvalue weighted by atomic mass is 16.2. The molecule has 1 unspecified atom stereocenters. The maximum atomic E-state index is 13.3. The van der Waals surface area contributed by atoms with Gasteiger partial charge in [0.25, 0.3) is 5.91 Å². The first-order valence-corrected chi connectivity index (χ1v) is 12.1. The van der Waals surface area contributed by atoms with Crippen molar-refractivity contribution in [2.75, 3.05) is 56.0 Å². The molecule has 2 fully saturated rings. The van der Waals surface area contributed by atoms with Gasteiger partial charge in [-0.05, 0) is 69.1 Å². The van der Waals surface area contributed by atoms with Crippen LogP contribution in [0, 0.1) is 5.92 Å². The SMILES string of the molecule is O=C1Nc2cccnc2N(C(=O)NCCN2CCC(CN3CCCCC3)C2)c2ccccc21. The number of aromatic nitrogens is 1. The van der Waals surface area contributed by atoms with Crippen molar-refractivity contribution in [3.05, 3.63) is 48.2 Å². The molecule has 5 rings (SSSR count). The Morgan fingerprint density at radius 2 is 1.91 bits per heavy atom. The molecule has 3 aliphatic rings. The molecule has 3 aliphatic heterocycles. The lowest BCUT2D eigenvalue weighted by Crippen LogP contribution is -2.41. The lowest BCUT2D eigenvalue weighted by atomic mass is 10.1. The van der Waals surface area contributed by atoms with Crippen molar-refractivity contribution in [3.8, 4) is 0 Å². The summed E-state index contributed by atoms with van der Waals surface area (Å²) in [6, 6.07) is 10.4. The zero-order valence-electron chi connectivity index (χ0n) is 19.0. The molecule has 0 aliphatic carbocycles. The fraction of sp³-hybridized carbons (Fsp3) is 0.480. The molecule has 33 heavy (non-hydrogen) atoms. The molecule has 1 atom stereocenters. The Morgan fingerprint density at radius 3 is 2.79 bits per heavy atom. The van der Waals surface area contributed by atoms with E-state index >= 15 is 0 Å². The molecule has 8 heteroatoms. The summed E-state index contributed by atoms with van der Waals surface area (Å²) in [7, 11) is 0. The minimum Gasteiger partial charge on any atom is -0.336 e. The van der Waals surface area contributed by atoms with Crippen LogP contribution in [0.4, 0.5) is 22.0 Å². The number of benzene rings is 1. The third kappa shape index (κ3) is 4.86. The highest BCUT2D eigenvalue weighted by molar-refractivity contribution is 6.16. The summed E-state index contributed by atoms with van der Waals surface area (Å²) < 4.78 is 0. The monoisotopic (exact) mass is 448 g/mol. The van der Waals surface area contributed by atoms with E-state index in [1.807, 2.05) is 6.07 Å². The van der Waals surface area contributed by atoms with E-state index in [-0.39, 0.29) is 11.9 Å². The van der Waals surface area contributed by atoms with E-state index < -0.39 is 0 Å². The van der Waals surface area contributed by atoms with Gasteiger partial charge in [0, 0.05) is 32.4 Å². The molecule has 2 saturated heterocycles. The van der Waals surface area contributed by atoms with Crippen LogP contribution < -0.4 is 15.5 Å². The Morgan fingerprint density at radius 1 is 1.06 bits per heavy atom. The van der Waals surface area contributed by atoms with Crippen molar-refractivity contribution in [2.45, 2.75) is 25.7 Å². The molecule has 4 heterocycles. The molecule has 0 saturated carbocycles. The quantitative estimate of drug-likeness (QED) is 0.734. The number of piperidine rings is 1. The van der Waals surface area contributed by atoms with Gasteiger partial charge in [-0.1, -0.05) is 18.6 Å². The number of carbonyl (C=O) groups excluding carboxylic acids is 2. The van der Waals surface area contributed by atoms with Crippen LogP contribution in [0.5, 0.6) is 0 Å². The number of para-hydroxylation sites is 1. The van der Waals surface area contributed by atoms with Crippen molar-refractivity contribution in [1.29, 1.82) is 0 Å². The molecule has 2 N–H and O–H groups in total. The third-order valence-corrected chi connectivity index (χ3v) is 6.88. The fourth-order valence-electron chi connectivity index (χ4n) is 5.21. The predicted molar refractivity (Wildman–Crippen MR) is 129 cm³/mol. The van der Waals surface area contributed by atoms with Gasteiger partial charge >= 0.3 is 6.03 Å². The Labute approximate surface area is 195 Å². The van der Waals surface area contributed by atoms with Gasteiger partial charge in [0.2, 0.25) is 0 Å². The molecule has 174 valence electrons. The van der Waals surface area contributed by atoms with Crippen LogP contribution in [0.2, 0.25) is 0 Å². The lowest BCUT2D eigenvalue weighted by Gasteiger charge is -2.29.